The lowest BCUT2D eigenvalue weighted by molar-refractivity contribution is 0.0440. The number of fused-ring (bicyclic) bond motifs is 1. The number of hydrogen-bond acceptors (Lipinski definition) is 4. The molecule has 3 aromatic rings. The van der Waals surface area contributed by atoms with E-state index in [9.17, 15) is 9.18 Å². The normalized spacial score (nSPS) is 22.9. The maximum absolute atomic E-state index is 13.0. The number of halogens is 1. The molecule has 30 heavy (non-hydrogen) atoms. The summed E-state index contributed by atoms with van der Waals surface area (Å²) in [6.45, 7) is 2.16. The van der Waals surface area contributed by atoms with Crippen molar-refractivity contribution in [3.8, 4) is 11.1 Å². The summed E-state index contributed by atoms with van der Waals surface area (Å²) in [4.78, 5) is 15.1. The Morgan fingerprint density at radius 2 is 2.03 bits per heavy atom. The van der Waals surface area contributed by atoms with Crippen LogP contribution in [0.25, 0.3) is 22.0 Å². The summed E-state index contributed by atoms with van der Waals surface area (Å²) in [5, 5.41) is 15.5. The van der Waals surface area contributed by atoms with Crippen molar-refractivity contribution in [3.63, 3.8) is 0 Å². The van der Waals surface area contributed by atoms with E-state index in [1.165, 1.54) is 0 Å². The molecule has 2 aliphatic rings. The van der Waals surface area contributed by atoms with Gasteiger partial charge >= 0.3 is 0 Å². The van der Waals surface area contributed by atoms with Crippen LogP contribution >= 0.6 is 0 Å². The van der Waals surface area contributed by atoms with Gasteiger partial charge in [0.1, 0.15) is 6.17 Å². The predicted molar refractivity (Wildman–Crippen MR) is 113 cm³/mol. The van der Waals surface area contributed by atoms with Crippen LogP contribution in [0.5, 0.6) is 0 Å². The molecule has 0 unspecified atom stereocenters. The number of aromatic nitrogens is 4. The van der Waals surface area contributed by atoms with Gasteiger partial charge in [-0.2, -0.15) is 10.2 Å². The molecule has 1 aliphatic carbocycles. The number of amides is 1. The average Bonchev–Trinajstić information content (AvgIpc) is 3.34. The van der Waals surface area contributed by atoms with Crippen LogP contribution in [0, 0.1) is 5.92 Å². The summed E-state index contributed by atoms with van der Waals surface area (Å²) < 4.78 is 14.8. The monoisotopic (exact) mass is 410 g/mol. The van der Waals surface area contributed by atoms with Gasteiger partial charge < -0.3 is 5.32 Å². The molecule has 1 aromatic carbocycles. The Kier molecular flexibility index (Phi) is 5.02. The number of H-pyrrole nitrogens is 1. The summed E-state index contributed by atoms with van der Waals surface area (Å²) in [6, 6.07) is 6.12. The zero-order valence-corrected chi connectivity index (χ0v) is 17.1. The van der Waals surface area contributed by atoms with Crippen molar-refractivity contribution in [1.29, 1.82) is 0 Å². The van der Waals surface area contributed by atoms with Crippen LogP contribution in [0.3, 0.4) is 0 Å². The standard InChI is InChI=1S/C22H27FN6O/c1-28-11-16(9-24-28)15-4-7-20-19(8-15)21(27-26-20)22(30)25-18-5-2-14(3-6-18)10-29-12-17(23)13-29/h4,7-9,11,14,17-18H,2-3,5-6,10,12-13H2,1H3,(H,25,30)(H,26,27). The zero-order chi connectivity index (χ0) is 20.7. The highest BCUT2D eigenvalue weighted by Gasteiger charge is 2.30. The summed E-state index contributed by atoms with van der Waals surface area (Å²) in [5.41, 5.74) is 3.30. The van der Waals surface area contributed by atoms with Gasteiger partial charge in [0.25, 0.3) is 5.91 Å². The Labute approximate surface area is 174 Å². The van der Waals surface area contributed by atoms with E-state index in [1.54, 1.807) is 4.68 Å². The molecule has 7 nitrogen and oxygen atoms in total. The molecule has 158 valence electrons. The molecular weight excluding hydrogens is 383 g/mol. The molecule has 8 heteroatoms. The maximum Gasteiger partial charge on any atom is 0.272 e. The van der Waals surface area contributed by atoms with Crippen molar-refractivity contribution in [2.45, 2.75) is 37.9 Å². The maximum atomic E-state index is 13.0. The molecule has 2 aromatic heterocycles. The third-order valence-electron chi connectivity index (χ3n) is 6.43. The fraction of sp³-hybridized carbons (Fsp3) is 0.500. The zero-order valence-electron chi connectivity index (χ0n) is 17.1. The summed E-state index contributed by atoms with van der Waals surface area (Å²) in [6.07, 6.45) is 7.21. The first kappa shape index (κ1) is 19.2. The Bertz CT molecular complexity index is 1050. The second-order valence-electron chi connectivity index (χ2n) is 8.74. The SMILES string of the molecule is Cn1cc(-c2ccc3[nH]nc(C(=O)NC4CCC(CN5CC(F)C5)CC4)c3c2)cn1. The number of hydrogen-bond donors (Lipinski definition) is 2. The molecule has 2 N–H and O–H groups in total. The third kappa shape index (κ3) is 3.84. The number of aromatic amines is 1. The largest absolute Gasteiger partial charge is 0.348 e. The van der Waals surface area contributed by atoms with Crippen molar-refractivity contribution in [1.82, 2.24) is 30.2 Å². The van der Waals surface area contributed by atoms with Gasteiger partial charge in [0.2, 0.25) is 0 Å². The first-order valence-corrected chi connectivity index (χ1v) is 10.7. The highest BCUT2D eigenvalue weighted by Crippen LogP contribution is 2.28. The van der Waals surface area contributed by atoms with E-state index < -0.39 is 6.17 Å². The number of nitrogens with zero attached hydrogens (tertiary/aromatic N) is 4. The second kappa shape index (κ2) is 7.83. The number of rotatable bonds is 5. The molecule has 5 rings (SSSR count). The number of carbonyl (C=O) groups is 1. The topological polar surface area (TPSA) is 78.8 Å². The molecule has 1 saturated carbocycles. The molecule has 2 fully saturated rings. The van der Waals surface area contributed by atoms with Crippen LogP contribution < -0.4 is 5.32 Å². The summed E-state index contributed by atoms with van der Waals surface area (Å²) in [5.74, 6) is 0.481. The lowest BCUT2D eigenvalue weighted by Gasteiger charge is -2.39. The van der Waals surface area contributed by atoms with Gasteiger partial charge in [-0.25, -0.2) is 4.39 Å². The molecule has 0 bridgehead atoms. The molecule has 0 atom stereocenters. The highest BCUT2D eigenvalue weighted by atomic mass is 19.1. The van der Waals surface area contributed by atoms with E-state index >= 15 is 0 Å². The van der Waals surface area contributed by atoms with Crippen LogP contribution in [0.15, 0.2) is 30.6 Å². The van der Waals surface area contributed by atoms with E-state index in [-0.39, 0.29) is 11.9 Å². The first-order chi connectivity index (χ1) is 14.5. The molecule has 1 amide bonds. The minimum atomic E-state index is -0.636. The second-order valence-corrected chi connectivity index (χ2v) is 8.74. The third-order valence-corrected chi connectivity index (χ3v) is 6.43. The summed E-state index contributed by atoms with van der Waals surface area (Å²) >= 11 is 0. The molecule has 3 heterocycles. The minimum absolute atomic E-state index is 0.129. The smallest absolute Gasteiger partial charge is 0.272 e. The molecule has 1 saturated heterocycles. The number of carbonyl (C=O) groups excluding carboxylic acids is 1. The number of nitrogens with one attached hydrogen (secondary N) is 2. The van der Waals surface area contributed by atoms with Gasteiger partial charge in [0.15, 0.2) is 5.69 Å². The molecular formula is C22H27FN6O. The van der Waals surface area contributed by atoms with Crippen LogP contribution in [0.2, 0.25) is 0 Å². The highest BCUT2D eigenvalue weighted by molar-refractivity contribution is 6.05. The van der Waals surface area contributed by atoms with E-state index in [1.807, 2.05) is 37.6 Å². The van der Waals surface area contributed by atoms with E-state index in [0.717, 1.165) is 54.3 Å². The van der Waals surface area contributed by atoms with Crippen molar-refractivity contribution in [2.75, 3.05) is 19.6 Å². The van der Waals surface area contributed by atoms with Crippen molar-refractivity contribution in [2.24, 2.45) is 13.0 Å². The summed E-state index contributed by atoms with van der Waals surface area (Å²) in [7, 11) is 1.88. The van der Waals surface area contributed by atoms with Crippen LogP contribution in [0.1, 0.15) is 36.2 Å². The molecule has 1 aliphatic heterocycles. The minimum Gasteiger partial charge on any atom is -0.348 e. The van der Waals surface area contributed by atoms with Crippen molar-refractivity contribution < 1.29 is 9.18 Å². The van der Waals surface area contributed by atoms with Gasteiger partial charge in [-0.1, -0.05) is 6.07 Å². The first-order valence-electron chi connectivity index (χ1n) is 10.7. The number of alkyl halides is 1. The van der Waals surface area contributed by atoms with Crippen molar-refractivity contribution >= 4 is 16.8 Å². The fourth-order valence-corrected chi connectivity index (χ4v) is 4.70. The lowest BCUT2D eigenvalue weighted by Crippen LogP contribution is -2.50. The van der Waals surface area contributed by atoms with E-state index in [2.05, 4.69) is 25.5 Å². The van der Waals surface area contributed by atoms with Crippen LogP contribution in [-0.2, 0) is 7.05 Å². The van der Waals surface area contributed by atoms with E-state index in [0.29, 0.717) is 24.7 Å². The Morgan fingerprint density at radius 1 is 1.23 bits per heavy atom. The average molecular weight is 410 g/mol. The van der Waals surface area contributed by atoms with Gasteiger partial charge in [-0.15, -0.1) is 0 Å². The number of benzene rings is 1. The fourth-order valence-electron chi connectivity index (χ4n) is 4.70. The molecule has 0 spiro atoms. The predicted octanol–water partition coefficient (Wildman–Crippen LogP) is 2.91. The van der Waals surface area contributed by atoms with Crippen molar-refractivity contribution in [3.05, 3.63) is 36.3 Å². The van der Waals surface area contributed by atoms with Gasteiger partial charge in [0.05, 0.1) is 11.7 Å². The molecule has 0 radical (unpaired) electrons. The quantitative estimate of drug-likeness (QED) is 0.678. The number of aryl methyl sites for hydroxylation is 1. The van der Waals surface area contributed by atoms with Crippen LogP contribution in [-0.4, -0.2) is 62.6 Å². The van der Waals surface area contributed by atoms with Crippen LogP contribution in [0.4, 0.5) is 4.39 Å². The Hall–Kier alpha value is -2.74. The van der Waals surface area contributed by atoms with Gasteiger partial charge in [0, 0.05) is 49.9 Å². The van der Waals surface area contributed by atoms with Gasteiger partial charge in [-0.05, 0) is 49.3 Å². The van der Waals surface area contributed by atoms with E-state index in [4.69, 9.17) is 0 Å². The Morgan fingerprint density at radius 3 is 2.73 bits per heavy atom. The van der Waals surface area contributed by atoms with Gasteiger partial charge in [-0.3, -0.25) is 19.5 Å². The number of likely N-dealkylation sites (tertiary alicyclic amines) is 1. The Balaban J connectivity index is 1.23. The lowest BCUT2D eigenvalue weighted by atomic mass is 9.85.